The summed E-state index contributed by atoms with van der Waals surface area (Å²) in [7, 11) is 3.93. The van der Waals surface area contributed by atoms with Crippen LogP contribution in [0.25, 0.3) is 0 Å². The number of aliphatic carboxylic acids is 1. The molecule has 1 unspecified atom stereocenters. The summed E-state index contributed by atoms with van der Waals surface area (Å²) in [5.41, 5.74) is 1.76. The zero-order valence-electron chi connectivity index (χ0n) is 12.6. The lowest BCUT2D eigenvalue weighted by molar-refractivity contribution is -0.137. The molecular formula is C16H22N2O3. The number of nitrogens with zero attached hydrogens (tertiary/aromatic N) is 2. The number of anilines is 1. The van der Waals surface area contributed by atoms with Crippen molar-refractivity contribution in [2.75, 3.05) is 32.1 Å². The molecule has 1 saturated heterocycles. The van der Waals surface area contributed by atoms with Crippen molar-refractivity contribution < 1.29 is 14.7 Å². The van der Waals surface area contributed by atoms with Crippen LogP contribution < -0.4 is 4.90 Å². The largest absolute Gasteiger partial charge is 0.481 e. The summed E-state index contributed by atoms with van der Waals surface area (Å²) in [6.45, 7) is 1.39. The molecule has 0 radical (unpaired) electrons. The summed E-state index contributed by atoms with van der Waals surface area (Å²) in [5.74, 6) is -0.414. The van der Waals surface area contributed by atoms with E-state index < -0.39 is 5.97 Å². The summed E-state index contributed by atoms with van der Waals surface area (Å²) >= 11 is 0. The Hall–Kier alpha value is -2.04. The number of carbonyl (C=O) groups is 2. The third-order valence-electron chi connectivity index (χ3n) is 3.97. The lowest BCUT2D eigenvalue weighted by Crippen LogP contribution is -2.28. The number of benzene rings is 1. The smallest absolute Gasteiger partial charge is 0.303 e. The highest BCUT2D eigenvalue weighted by molar-refractivity contribution is 5.94. The molecule has 1 aromatic rings. The molecular weight excluding hydrogens is 268 g/mol. The summed E-state index contributed by atoms with van der Waals surface area (Å²) < 4.78 is 0. The second kappa shape index (κ2) is 6.61. The number of carboxylic acids is 1. The molecule has 0 bridgehead atoms. The highest BCUT2D eigenvalue weighted by Gasteiger charge is 2.27. The molecule has 1 N–H and O–H groups in total. The fourth-order valence-electron chi connectivity index (χ4n) is 2.67. The van der Waals surface area contributed by atoms with Crippen molar-refractivity contribution in [1.29, 1.82) is 0 Å². The van der Waals surface area contributed by atoms with Gasteiger partial charge in [-0.15, -0.1) is 0 Å². The first-order chi connectivity index (χ1) is 9.97. The Bertz CT molecular complexity index is 511. The van der Waals surface area contributed by atoms with Gasteiger partial charge >= 0.3 is 5.97 Å². The average Bonchev–Trinajstić information content (AvgIpc) is 2.93. The molecule has 0 aliphatic carbocycles. The third-order valence-corrected chi connectivity index (χ3v) is 3.97. The van der Waals surface area contributed by atoms with E-state index in [4.69, 9.17) is 5.11 Å². The van der Waals surface area contributed by atoms with E-state index in [9.17, 15) is 9.59 Å². The summed E-state index contributed by atoms with van der Waals surface area (Å²) in [5, 5.41) is 8.71. The van der Waals surface area contributed by atoms with Gasteiger partial charge in [0.25, 0.3) is 5.91 Å². The van der Waals surface area contributed by atoms with Gasteiger partial charge in [-0.3, -0.25) is 9.59 Å². The minimum Gasteiger partial charge on any atom is -0.481 e. The van der Waals surface area contributed by atoms with Crippen molar-refractivity contribution in [2.24, 2.45) is 5.92 Å². The van der Waals surface area contributed by atoms with Gasteiger partial charge in [-0.2, -0.15) is 0 Å². The van der Waals surface area contributed by atoms with Crippen LogP contribution >= 0.6 is 0 Å². The predicted molar refractivity (Wildman–Crippen MR) is 81.6 cm³/mol. The minimum atomic E-state index is -0.765. The van der Waals surface area contributed by atoms with E-state index in [1.54, 1.807) is 0 Å². The quantitative estimate of drug-likeness (QED) is 0.902. The molecule has 0 saturated carbocycles. The Morgan fingerprint density at radius 1 is 1.29 bits per heavy atom. The fraction of sp³-hybridized carbons (Fsp3) is 0.500. The number of likely N-dealkylation sites (tertiary alicyclic amines) is 1. The van der Waals surface area contributed by atoms with Crippen LogP contribution in [0, 0.1) is 5.92 Å². The van der Waals surface area contributed by atoms with Crippen LogP contribution in [0.2, 0.25) is 0 Å². The Morgan fingerprint density at radius 3 is 2.52 bits per heavy atom. The van der Waals surface area contributed by atoms with Crippen LogP contribution in [-0.4, -0.2) is 49.1 Å². The second-order valence-electron chi connectivity index (χ2n) is 5.78. The van der Waals surface area contributed by atoms with E-state index in [0.29, 0.717) is 24.4 Å². The Kier molecular flexibility index (Phi) is 4.83. The number of rotatable bonds is 5. The maximum absolute atomic E-state index is 12.4. The van der Waals surface area contributed by atoms with Crippen LogP contribution in [0.15, 0.2) is 24.3 Å². The van der Waals surface area contributed by atoms with Gasteiger partial charge in [0.15, 0.2) is 0 Å². The molecule has 1 aliphatic heterocycles. The van der Waals surface area contributed by atoms with E-state index in [1.165, 1.54) is 0 Å². The Labute approximate surface area is 125 Å². The molecule has 114 valence electrons. The van der Waals surface area contributed by atoms with Crippen molar-refractivity contribution in [2.45, 2.75) is 19.3 Å². The molecule has 0 aromatic heterocycles. The maximum atomic E-state index is 12.4. The zero-order chi connectivity index (χ0) is 15.4. The fourth-order valence-corrected chi connectivity index (χ4v) is 2.67. The molecule has 1 aliphatic rings. The minimum absolute atomic E-state index is 0.0399. The monoisotopic (exact) mass is 290 g/mol. The van der Waals surface area contributed by atoms with E-state index in [1.807, 2.05) is 48.2 Å². The molecule has 5 nitrogen and oxygen atoms in total. The number of amides is 1. The van der Waals surface area contributed by atoms with Gasteiger partial charge in [0.1, 0.15) is 0 Å². The predicted octanol–water partition coefficient (Wildman–Crippen LogP) is 2.08. The van der Waals surface area contributed by atoms with Crippen molar-refractivity contribution in [3.8, 4) is 0 Å². The number of carboxylic acid groups (broad SMARTS) is 1. The van der Waals surface area contributed by atoms with Gasteiger partial charge in [-0.25, -0.2) is 0 Å². The standard InChI is InChI=1S/C16H22N2O3/c1-17(2)14-6-4-13(5-7-14)16(21)18-10-9-12(11-18)3-8-15(19)20/h4-7,12H,3,8-11H2,1-2H3,(H,19,20). The van der Waals surface area contributed by atoms with Crippen LogP contribution in [0.3, 0.4) is 0 Å². The molecule has 1 atom stereocenters. The Balaban J connectivity index is 1.93. The maximum Gasteiger partial charge on any atom is 0.303 e. The van der Waals surface area contributed by atoms with Gasteiger partial charge in [0.2, 0.25) is 0 Å². The molecule has 1 aromatic carbocycles. The van der Waals surface area contributed by atoms with Crippen LogP contribution in [0.4, 0.5) is 5.69 Å². The number of carbonyl (C=O) groups excluding carboxylic acids is 1. The highest BCUT2D eigenvalue weighted by Crippen LogP contribution is 2.23. The van der Waals surface area contributed by atoms with Crippen LogP contribution in [-0.2, 0) is 4.79 Å². The van der Waals surface area contributed by atoms with Crippen molar-refractivity contribution in [3.05, 3.63) is 29.8 Å². The van der Waals surface area contributed by atoms with Gasteiger partial charge in [-0.05, 0) is 43.0 Å². The molecule has 2 rings (SSSR count). The van der Waals surface area contributed by atoms with Crippen molar-refractivity contribution in [1.82, 2.24) is 4.90 Å². The SMILES string of the molecule is CN(C)c1ccc(C(=O)N2CCC(CCC(=O)O)C2)cc1. The van der Waals surface area contributed by atoms with E-state index in [0.717, 1.165) is 18.7 Å². The average molecular weight is 290 g/mol. The third kappa shape index (κ3) is 3.97. The first kappa shape index (κ1) is 15.4. The van der Waals surface area contributed by atoms with Gasteiger partial charge in [0, 0.05) is 44.9 Å². The molecule has 5 heteroatoms. The first-order valence-electron chi connectivity index (χ1n) is 7.26. The lowest BCUT2D eigenvalue weighted by atomic mass is 10.0. The van der Waals surface area contributed by atoms with E-state index in [-0.39, 0.29) is 12.3 Å². The number of hydrogen-bond donors (Lipinski definition) is 1. The second-order valence-corrected chi connectivity index (χ2v) is 5.78. The lowest BCUT2D eigenvalue weighted by Gasteiger charge is -2.17. The van der Waals surface area contributed by atoms with Gasteiger partial charge in [-0.1, -0.05) is 0 Å². The van der Waals surface area contributed by atoms with Crippen molar-refractivity contribution >= 4 is 17.6 Å². The zero-order valence-corrected chi connectivity index (χ0v) is 12.6. The van der Waals surface area contributed by atoms with Gasteiger partial charge < -0.3 is 14.9 Å². The van der Waals surface area contributed by atoms with Crippen LogP contribution in [0.5, 0.6) is 0 Å². The Morgan fingerprint density at radius 2 is 1.95 bits per heavy atom. The first-order valence-corrected chi connectivity index (χ1v) is 7.26. The number of hydrogen-bond acceptors (Lipinski definition) is 3. The van der Waals surface area contributed by atoms with Crippen molar-refractivity contribution in [3.63, 3.8) is 0 Å². The molecule has 1 amide bonds. The normalized spacial score (nSPS) is 17.8. The van der Waals surface area contributed by atoms with E-state index in [2.05, 4.69) is 0 Å². The summed E-state index contributed by atoms with van der Waals surface area (Å²) in [6, 6.07) is 7.57. The van der Waals surface area contributed by atoms with E-state index >= 15 is 0 Å². The topological polar surface area (TPSA) is 60.9 Å². The van der Waals surface area contributed by atoms with Crippen LogP contribution in [0.1, 0.15) is 29.6 Å². The molecule has 21 heavy (non-hydrogen) atoms. The molecule has 0 spiro atoms. The molecule has 1 fully saturated rings. The molecule has 1 heterocycles. The highest BCUT2D eigenvalue weighted by atomic mass is 16.4. The summed E-state index contributed by atoms with van der Waals surface area (Å²) in [6.07, 6.45) is 1.73. The summed E-state index contributed by atoms with van der Waals surface area (Å²) in [4.78, 5) is 26.8. The van der Waals surface area contributed by atoms with Gasteiger partial charge in [0.05, 0.1) is 0 Å².